The van der Waals surface area contributed by atoms with Crippen LogP contribution < -0.4 is 5.32 Å². The molecule has 27 heavy (non-hydrogen) atoms. The van der Waals surface area contributed by atoms with Crippen LogP contribution in [-0.2, 0) is 13.1 Å². The van der Waals surface area contributed by atoms with Crippen LogP contribution in [0.1, 0.15) is 30.4 Å². The SMILES string of the molecule is O=C(NCCN1CCCCC1)N(Cc1ccc(O)cc1)Cc1cccnc1. The number of carbonyl (C=O) groups is 1. The molecule has 3 rings (SSSR count). The number of pyridine rings is 1. The standard InChI is InChI=1S/C21H28N4O2/c26-20-8-6-18(7-9-20)16-25(17-19-5-4-10-22-15-19)21(27)23-11-14-24-12-2-1-3-13-24/h4-10,15,26H,1-3,11-14,16-17H2,(H,23,27). The molecule has 2 heterocycles. The summed E-state index contributed by atoms with van der Waals surface area (Å²) < 4.78 is 0. The summed E-state index contributed by atoms with van der Waals surface area (Å²) in [5.41, 5.74) is 1.96. The van der Waals surface area contributed by atoms with Gasteiger partial charge in [0, 0.05) is 38.6 Å². The summed E-state index contributed by atoms with van der Waals surface area (Å²) in [7, 11) is 0. The van der Waals surface area contributed by atoms with Crippen molar-refractivity contribution in [1.29, 1.82) is 0 Å². The number of phenolic OH excluding ortho intramolecular Hbond substituents is 1. The van der Waals surface area contributed by atoms with Crippen LogP contribution in [0.5, 0.6) is 5.75 Å². The number of carbonyl (C=O) groups excluding carboxylic acids is 1. The molecule has 0 atom stereocenters. The van der Waals surface area contributed by atoms with Gasteiger partial charge in [0.1, 0.15) is 5.75 Å². The molecule has 0 bridgehead atoms. The highest BCUT2D eigenvalue weighted by molar-refractivity contribution is 5.74. The molecule has 6 heteroatoms. The Balaban J connectivity index is 1.58. The Hall–Kier alpha value is -2.60. The lowest BCUT2D eigenvalue weighted by Crippen LogP contribution is -2.43. The number of phenols is 1. The normalized spacial score (nSPS) is 14.7. The fourth-order valence-electron chi connectivity index (χ4n) is 3.35. The Kier molecular flexibility index (Phi) is 7.04. The van der Waals surface area contributed by atoms with Gasteiger partial charge in [0.05, 0.1) is 0 Å². The Morgan fingerprint density at radius 2 is 1.81 bits per heavy atom. The number of nitrogens with zero attached hydrogens (tertiary/aromatic N) is 3. The van der Waals surface area contributed by atoms with E-state index < -0.39 is 0 Å². The summed E-state index contributed by atoms with van der Waals surface area (Å²) in [6.07, 6.45) is 7.33. The first-order valence-corrected chi connectivity index (χ1v) is 9.62. The average molecular weight is 368 g/mol. The quantitative estimate of drug-likeness (QED) is 0.788. The molecule has 0 saturated carbocycles. The van der Waals surface area contributed by atoms with E-state index in [2.05, 4.69) is 15.2 Å². The third kappa shape index (κ3) is 6.25. The Morgan fingerprint density at radius 3 is 2.52 bits per heavy atom. The Morgan fingerprint density at radius 1 is 1.07 bits per heavy atom. The summed E-state index contributed by atoms with van der Waals surface area (Å²) in [6, 6.07) is 10.7. The molecule has 2 N–H and O–H groups in total. The van der Waals surface area contributed by atoms with E-state index in [9.17, 15) is 9.90 Å². The van der Waals surface area contributed by atoms with Crippen molar-refractivity contribution in [2.45, 2.75) is 32.4 Å². The van der Waals surface area contributed by atoms with Gasteiger partial charge in [0.15, 0.2) is 0 Å². The van der Waals surface area contributed by atoms with Gasteiger partial charge in [-0.15, -0.1) is 0 Å². The molecule has 144 valence electrons. The van der Waals surface area contributed by atoms with Crippen LogP contribution in [-0.4, -0.2) is 52.1 Å². The third-order valence-electron chi connectivity index (χ3n) is 4.85. The second-order valence-electron chi connectivity index (χ2n) is 7.02. The first-order chi connectivity index (χ1) is 13.2. The number of rotatable bonds is 7. The molecule has 2 amide bonds. The monoisotopic (exact) mass is 368 g/mol. The first kappa shape index (κ1) is 19.2. The molecule has 1 fully saturated rings. The molecule has 1 aromatic carbocycles. The lowest BCUT2D eigenvalue weighted by molar-refractivity contribution is 0.186. The number of hydrogen-bond acceptors (Lipinski definition) is 4. The summed E-state index contributed by atoms with van der Waals surface area (Å²) >= 11 is 0. The second kappa shape index (κ2) is 9.92. The van der Waals surface area contributed by atoms with Crippen LogP contribution in [0.25, 0.3) is 0 Å². The maximum Gasteiger partial charge on any atom is 0.318 e. The van der Waals surface area contributed by atoms with Gasteiger partial charge in [-0.05, 0) is 55.3 Å². The summed E-state index contributed by atoms with van der Waals surface area (Å²) in [6.45, 7) is 4.77. The van der Waals surface area contributed by atoms with E-state index in [1.807, 2.05) is 24.3 Å². The zero-order valence-electron chi connectivity index (χ0n) is 15.7. The number of piperidine rings is 1. The van der Waals surface area contributed by atoms with E-state index in [1.165, 1.54) is 19.3 Å². The maximum atomic E-state index is 12.8. The lowest BCUT2D eigenvalue weighted by atomic mass is 10.1. The van der Waals surface area contributed by atoms with Crippen LogP contribution in [0, 0.1) is 0 Å². The molecule has 0 spiro atoms. The zero-order valence-corrected chi connectivity index (χ0v) is 15.7. The Bertz CT molecular complexity index is 700. The highest BCUT2D eigenvalue weighted by Gasteiger charge is 2.16. The van der Waals surface area contributed by atoms with Crippen molar-refractivity contribution >= 4 is 6.03 Å². The zero-order chi connectivity index (χ0) is 18.9. The topological polar surface area (TPSA) is 68.7 Å². The minimum atomic E-state index is -0.0797. The van der Waals surface area contributed by atoms with Crippen LogP contribution in [0.15, 0.2) is 48.8 Å². The number of benzene rings is 1. The molecule has 2 aromatic rings. The first-order valence-electron chi connectivity index (χ1n) is 9.62. The molecule has 0 radical (unpaired) electrons. The van der Waals surface area contributed by atoms with Crippen LogP contribution in [0.4, 0.5) is 4.79 Å². The predicted molar refractivity (Wildman–Crippen MR) is 105 cm³/mol. The number of nitrogens with one attached hydrogen (secondary N) is 1. The van der Waals surface area contributed by atoms with E-state index in [0.717, 1.165) is 30.8 Å². The van der Waals surface area contributed by atoms with Gasteiger partial charge in [0.25, 0.3) is 0 Å². The number of aromatic nitrogens is 1. The highest BCUT2D eigenvalue weighted by atomic mass is 16.3. The third-order valence-corrected chi connectivity index (χ3v) is 4.85. The van der Waals surface area contributed by atoms with Crippen molar-refractivity contribution in [2.75, 3.05) is 26.2 Å². The van der Waals surface area contributed by atoms with Gasteiger partial charge < -0.3 is 20.2 Å². The number of hydrogen-bond donors (Lipinski definition) is 2. The number of aromatic hydroxyl groups is 1. The van der Waals surface area contributed by atoms with E-state index in [1.54, 1.807) is 29.4 Å². The van der Waals surface area contributed by atoms with Crippen molar-refractivity contribution < 1.29 is 9.90 Å². The molecule has 1 saturated heterocycles. The fraction of sp³-hybridized carbons (Fsp3) is 0.429. The largest absolute Gasteiger partial charge is 0.508 e. The van der Waals surface area contributed by atoms with Gasteiger partial charge in [-0.2, -0.15) is 0 Å². The summed E-state index contributed by atoms with van der Waals surface area (Å²) in [5.74, 6) is 0.226. The highest BCUT2D eigenvalue weighted by Crippen LogP contribution is 2.14. The van der Waals surface area contributed by atoms with Crippen molar-refractivity contribution in [2.24, 2.45) is 0 Å². The second-order valence-corrected chi connectivity index (χ2v) is 7.02. The molecule has 0 unspecified atom stereocenters. The van der Waals surface area contributed by atoms with Crippen LogP contribution in [0.2, 0.25) is 0 Å². The molecule has 1 aliphatic rings. The van der Waals surface area contributed by atoms with E-state index in [0.29, 0.717) is 19.6 Å². The van der Waals surface area contributed by atoms with Gasteiger partial charge in [-0.3, -0.25) is 4.98 Å². The minimum absolute atomic E-state index is 0.0797. The Labute approximate surface area is 160 Å². The molecular formula is C21H28N4O2. The van der Waals surface area contributed by atoms with Gasteiger partial charge in [0.2, 0.25) is 0 Å². The van der Waals surface area contributed by atoms with Crippen LogP contribution >= 0.6 is 0 Å². The minimum Gasteiger partial charge on any atom is -0.508 e. The van der Waals surface area contributed by atoms with Crippen molar-refractivity contribution in [3.8, 4) is 5.75 Å². The van der Waals surface area contributed by atoms with Gasteiger partial charge >= 0.3 is 6.03 Å². The molecule has 1 aromatic heterocycles. The van der Waals surface area contributed by atoms with Crippen molar-refractivity contribution in [1.82, 2.24) is 20.1 Å². The average Bonchev–Trinajstić information content (AvgIpc) is 2.70. The lowest BCUT2D eigenvalue weighted by Gasteiger charge is -2.27. The molecule has 6 nitrogen and oxygen atoms in total. The fourth-order valence-corrected chi connectivity index (χ4v) is 3.35. The van der Waals surface area contributed by atoms with Crippen molar-refractivity contribution in [3.63, 3.8) is 0 Å². The number of likely N-dealkylation sites (tertiary alicyclic amines) is 1. The van der Waals surface area contributed by atoms with Gasteiger partial charge in [-0.25, -0.2) is 4.79 Å². The molecular weight excluding hydrogens is 340 g/mol. The predicted octanol–water partition coefficient (Wildman–Crippen LogP) is 2.98. The molecule has 0 aliphatic carbocycles. The summed E-state index contributed by atoms with van der Waals surface area (Å²) in [5, 5.41) is 12.5. The van der Waals surface area contributed by atoms with E-state index in [-0.39, 0.29) is 11.8 Å². The van der Waals surface area contributed by atoms with E-state index in [4.69, 9.17) is 0 Å². The number of urea groups is 1. The van der Waals surface area contributed by atoms with Crippen LogP contribution in [0.3, 0.4) is 0 Å². The van der Waals surface area contributed by atoms with Gasteiger partial charge in [-0.1, -0.05) is 24.6 Å². The molecule has 1 aliphatic heterocycles. The maximum absolute atomic E-state index is 12.8. The number of amides is 2. The van der Waals surface area contributed by atoms with Crippen molar-refractivity contribution in [3.05, 3.63) is 59.9 Å². The smallest absolute Gasteiger partial charge is 0.318 e. The summed E-state index contributed by atoms with van der Waals surface area (Å²) in [4.78, 5) is 21.1. The van der Waals surface area contributed by atoms with E-state index >= 15 is 0 Å².